The second-order valence-corrected chi connectivity index (χ2v) is 7.91. The number of ether oxygens (including phenoxy) is 2. The highest BCUT2D eigenvalue weighted by molar-refractivity contribution is 6.32. The molecule has 0 atom stereocenters. The number of carbonyl (C=O) groups excluding carboxylic acids is 1. The standard InChI is InChI=1S/C22H20ClF3N4O3/c1-3-30-19(23)15(12-28-30)29-20(31)21(8-9-21)13-4-6-16(17(10-13)32-2)33-18-7-5-14(11-27-18)22(24,25)26/h4-7,10-12H,3,8-9H2,1-2H3,(H,29,31). The Bertz CT molecular complexity index is 1170. The van der Waals surface area contributed by atoms with E-state index in [2.05, 4.69) is 15.4 Å². The Morgan fingerprint density at radius 2 is 1.97 bits per heavy atom. The van der Waals surface area contributed by atoms with Gasteiger partial charge in [-0.3, -0.25) is 9.48 Å². The lowest BCUT2D eigenvalue weighted by molar-refractivity contribution is -0.137. The number of aryl methyl sites for hydroxylation is 1. The summed E-state index contributed by atoms with van der Waals surface area (Å²) in [6.45, 7) is 2.47. The van der Waals surface area contributed by atoms with Gasteiger partial charge in [-0.15, -0.1) is 0 Å². The Balaban J connectivity index is 1.53. The molecule has 1 aromatic carbocycles. The molecule has 0 radical (unpaired) electrons. The van der Waals surface area contributed by atoms with E-state index in [1.165, 1.54) is 13.3 Å². The molecule has 33 heavy (non-hydrogen) atoms. The van der Waals surface area contributed by atoms with Crippen LogP contribution in [0.4, 0.5) is 18.9 Å². The third-order valence-corrected chi connectivity index (χ3v) is 5.90. The Morgan fingerprint density at radius 3 is 2.52 bits per heavy atom. The molecule has 1 amide bonds. The maximum absolute atomic E-state index is 13.1. The fraction of sp³-hybridized carbons (Fsp3) is 0.318. The molecule has 1 saturated carbocycles. The summed E-state index contributed by atoms with van der Waals surface area (Å²) in [6, 6.07) is 7.03. The number of anilines is 1. The molecular formula is C22H20ClF3N4O3. The maximum Gasteiger partial charge on any atom is 0.417 e. The zero-order chi connectivity index (χ0) is 23.8. The topological polar surface area (TPSA) is 78.3 Å². The maximum atomic E-state index is 13.1. The van der Waals surface area contributed by atoms with Crippen molar-refractivity contribution in [3.05, 3.63) is 59.0 Å². The fourth-order valence-electron chi connectivity index (χ4n) is 3.46. The van der Waals surface area contributed by atoms with Gasteiger partial charge in [-0.1, -0.05) is 17.7 Å². The molecule has 0 unspecified atom stereocenters. The predicted octanol–water partition coefficient (Wildman–Crippen LogP) is 5.44. The van der Waals surface area contributed by atoms with E-state index in [0.717, 1.165) is 17.7 Å². The number of alkyl halides is 3. The molecular weight excluding hydrogens is 461 g/mol. The van der Waals surface area contributed by atoms with Gasteiger partial charge in [-0.25, -0.2) is 4.98 Å². The molecule has 0 aliphatic heterocycles. The third-order valence-electron chi connectivity index (χ3n) is 5.50. The smallest absolute Gasteiger partial charge is 0.417 e. The Hall–Kier alpha value is -3.27. The summed E-state index contributed by atoms with van der Waals surface area (Å²) < 4.78 is 50.8. The lowest BCUT2D eigenvalue weighted by atomic mass is 9.94. The van der Waals surface area contributed by atoms with Crippen molar-refractivity contribution < 1.29 is 27.4 Å². The minimum atomic E-state index is -4.48. The first-order chi connectivity index (χ1) is 15.7. The van der Waals surface area contributed by atoms with Gasteiger partial charge in [0.2, 0.25) is 11.8 Å². The van der Waals surface area contributed by atoms with E-state index >= 15 is 0 Å². The largest absolute Gasteiger partial charge is 0.493 e. The Kier molecular flexibility index (Phi) is 5.96. The van der Waals surface area contributed by atoms with Crippen molar-refractivity contribution in [1.29, 1.82) is 0 Å². The van der Waals surface area contributed by atoms with E-state index in [1.54, 1.807) is 22.9 Å². The van der Waals surface area contributed by atoms with Crippen LogP contribution in [0.1, 0.15) is 30.9 Å². The highest BCUT2D eigenvalue weighted by atomic mass is 35.5. The van der Waals surface area contributed by atoms with Gasteiger partial charge in [0.1, 0.15) is 0 Å². The number of hydrogen-bond donors (Lipinski definition) is 1. The summed E-state index contributed by atoms with van der Waals surface area (Å²) in [4.78, 5) is 16.8. The van der Waals surface area contributed by atoms with Crippen LogP contribution in [-0.2, 0) is 22.9 Å². The van der Waals surface area contributed by atoms with Crippen LogP contribution < -0.4 is 14.8 Å². The first-order valence-corrected chi connectivity index (χ1v) is 10.5. The number of amides is 1. The monoisotopic (exact) mass is 480 g/mol. The highest BCUT2D eigenvalue weighted by Gasteiger charge is 2.51. The molecule has 0 saturated heterocycles. The molecule has 1 fully saturated rings. The lowest BCUT2D eigenvalue weighted by Gasteiger charge is -2.18. The molecule has 4 rings (SSSR count). The van der Waals surface area contributed by atoms with Gasteiger partial charge < -0.3 is 14.8 Å². The van der Waals surface area contributed by atoms with Crippen LogP contribution in [-0.4, -0.2) is 27.8 Å². The first kappa shape index (κ1) is 22.9. The van der Waals surface area contributed by atoms with Gasteiger partial charge in [-0.2, -0.15) is 18.3 Å². The normalized spacial score (nSPS) is 14.6. The number of pyridine rings is 1. The molecule has 1 aliphatic rings. The number of rotatable bonds is 7. The summed E-state index contributed by atoms with van der Waals surface area (Å²) in [5, 5.41) is 7.33. The highest BCUT2D eigenvalue weighted by Crippen LogP contribution is 2.51. The van der Waals surface area contributed by atoms with E-state index in [9.17, 15) is 18.0 Å². The summed E-state index contributed by atoms with van der Waals surface area (Å²) in [5.74, 6) is 0.359. The summed E-state index contributed by atoms with van der Waals surface area (Å²) >= 11 is 6.25. The van der Waals surface area contributed by atoms with E-state index in [0.29, 0.717) is 42.2 Å². The molecule has 1 N–H and O–H groups in total. The molecule has 0 spiro atoms. The SMILES string of the molecule is CCn1ncc(NC(=O)C2(c3ccc(Oc4ccc(C(F)(F)F)cn4)c(OC)c3)CC2)c1Cl. The molecule has 0 bridgehead atoms. The van der Waals surface area contributed by atoms with Crippen LogP contribution in [0.15, 0.2) is 42.7 Å². The van der Waals surface area contributed by atoms with Crippen LogP contribution >= 0.6 is 11.6 Å². The molecule has 7 nitrogen and oxygen atoms in total. The van der Waals surface area contributed by atoms with Crippen molar-refractivity contribution in [2.45, 2.75) is 37.9 Å². The number of methoxy groups -OCH3 is 1. The lowest BCUT2D eigenvalue weighted by Crippen LogP contribution is -2.27. The molecule has 2 aromatic heterocycles. The predicted molar refractivity (Wildman–Crippen MR) is 115 cm³/mol. The molecule has 11 heteroatoms. The van der Waals surface area contributed by atoms with E-state index < -0.39 is 17.2 Å². The van der Waals surface area contributed by atoms with Crippen molar-refractivity contribution in [3.63, 3.8) is 0 Å². The van der Waals surface area contributed by atoms with Crippen molar-refractivity contribution in [3.8, 4) is 17.4 Å². The summed E-state index contributed by atoms with van der Waals surface area (Å²) in [5.41, 5.74) is -0.446. The molecule has 174 valence electrons. The fourth-order valence-corrected chi connectivity index (χ4v) is 3.72. The number of benzene rings is 1. The number of nitrogens with zero attached hydrogens (tertiary/aromatic N) is 3. The quantitative estimate of drug-likeness (QED) is 0.487. The molecule has 1 aliphatic carbocycles. The van der Waals surface area contributed by atoms with Crippen molar-refractivity contribution in [2.24, 2.45) is 0 Å². The number of carbonyl (C=O) groups is 1. The van der Waals surface area contributed by atoms with E-state index in [-0.39, 0.29) is 17.5 Å². The average molecular weight is 481 g/mol. The number of halogens is 4. The van der Waals surface area contributed by atoms with Gasteiger partial charge >= 0.3 is 6.18 Å². The van der Waals surface area contributed by atoms with Crippen LogP contribution in [0.3, 0.4) is 0 Å². The van der Waals surface area contributed by atoms with Gasteiger partial charge in [0.25, 0.3) is 0 Å². The summed E-state index contributed by atoms with van der Waals surface area (Å²) in [6.07, 6.45) is -0.992. The zero-order valence-electron chi connectivity index (χ0n) is 17.7. The first-order valence-electron chi connectivity index (χ1n) is 10.1. The minimum absolute atomic E-state index is 0.0180. The van der Waals surface area contributed by atoms with E-state index in [1.807, 2.05) is 6.92 Å². The van der Waals surface area contributed by atoms with Crippen molar-refractivity contribution in [1.82, 2.24) is 14.8 Å². The van der Waals surface area contributed by atoms with Crippen molar-refractivity contribution >= 4 is 23.2 Å². The van der Waals surface area contributed by atoms with Crippen LogP contribution in [0.5, 0.6) is 17.4 Å². The number of nitrogens with one attached hydrogen (secondary N) is 1. The Labute approximate surface area is 192 Å². The van der Waals surface area contributed by atoms with Crippen LogP contribution in [0, 0.1) is 0 Å². The van der Waals surface area contributed by atoms with Crippen LogP contribution in [0.25, 0.3) is 0 Å². The van der Waals surface area contributed by atoms with Gasteiger partial charge in [0.05, 0.1) is 30.0 Å². The molecule has 2 heterocycles. The number of aromatic nitrogens is 3. The molecule has 3 aromatic rings. The van der Waals surface area contributed by atoms with Crippen LogP contribution in [0.2, 0.25) is 5.15 Å². The average Bonchev–Trinajstić information content (AvgIpc) is 3.53. The zero-order valence-corrected chi connectivity index (χ0v) is 18.5. The van der Waals surface area contributed by atoms with Gasteiger partial charge in [0.15, 0.2) is 16.7 Å². The minimum Gasteiger partial charge on any atom is -0.493 e. The van der Waals surface area contributed by atoms with Gasteiger partial charge in [0, 0.05) is 18.8 Å². The van der Waals surface area contributed by atoms with E-state index in [4.69, 9.17) is 21.1 Å². The third kappa shape index (κ3) is 4.47. The second kappa shape index (κ2) is 8.58. The van der Waals surface area contributed by atoms with Crippen molar-refractivity contribution in [2.75, 3.05) is 12.4 Å². The summed E-state index contributed by atoms with van der Waals surface area (Å²) in [7, 11) is 1.44. The number of hydrogen-bond acceptors (Lipinski definition) is 5. The Morgan fingerprint density at radius 1 is 1.21 bits per heavy atom. The second-order valence-electron chi connectivity index (χ2n) is 7.55. The van der Waals surface area contributed by atoms with Gasteiger partial charge in [-0.05, 0) is 43.5 Å².